The maximum Gasteiger partial charge on any atom is 0.139 e. The zero-order valence-corrected chi connectivity index (χ0v) is 4.87. The highest BCUT2D eigenvalue weighted by molar-refractivity contribution is 5.57. The molecule has 0 rings (SSSR count). The van der Waals surface area contributed by atoms with Crippen LogP contribution in [0.4, 0.5) is 0 Å². The molecule has 3 heteroatoms. The molecule has 0 aromatic rings. The van der Waals surface area contributed by atoms with Crippen molar-refractivity contribution in [2.24, 2.45) is 5.73 Å². The average molecular weight is 117 g/mol. The lowest BCUT2D eigenvalue weighted by Crippen LogP contribution is -2.35. The summed E-state index contributed by atoms with van der Waals surface area (Å²) in [5.41, 5.74) is 5.11. The van der Waals surface area contributed by atoms with Crippen LogP contribution in [0.15, 0.2) is 0 Å². The van der Waals surface area contributed by atoms with Crippen molar-refractivity contribution < 1.29 is 9.90 Å². The van der Waals surface area contributed by atoms with Crippen molar-refractivity contribution in [2.45, 2.75) is 25.5 Å². The summed E-state index contributed by atoms with van der Waals surface area (Å²) in [4.78, 5) is 9.82. The quantitative estimate of drug-likeness (QED) is 0.480. The maximum absolute atomic E-state index is 9.82. The fourth-order valence-electron chi connectivity index (χ4n) is 0.363. The summed E-state index contributed by atoms with van der Waals surface area (Å²) >= 11 is 0. The van der Waals surface area contributed by atoms with Crippen molar-refractivity contribution in [1.29, 1.82) is 0 Å². The summed E-state index contributed by atoms with van der Waals surface area (Å²) in [5, 5.41) is 8.77. The van der Waals surface area contributed by atoms with Crippen LogP contribution >= 0.6 is 0 Å². The van der Waals surface area contributed by atoms with E-state index in [1.54, 1.807) is 6.92 Å². The second-order valence-electron chi connectivity index (χ2n) is 1.69. The van der Waals surface area contributed by atoms with E-state index < -0.39 is 12.1 Å². The molecule has 0 saturated heterocycles. The number of rotatable bonds is 3. The molecule has 0 saturated carbocycles. The number of carbonyl (C=O) groups excluding carboxylic acids is 1. The molecule has 2 atom stereocenters. The van der Waals surface area contributed by atoms with Gasteiger partial charge in [-0.1, -0.05) is 6.92 Å². The van der Waals surface area contributed by atoms with Crippen LogP contribution < -0.4 is 5.73 Å². The van der Waals surface area contributed by atoms with Crippen molar-refractivity contribution in [3.63, 3.8) is 0 Å². The molecular formula is C5H11NO2. The van der Waals surface area contributed by atoms with Gasteiger partial charge in [-0.05, 0) is 6.42 Å². The highest BCUT2D eigenvalue weighted by atomic mass is 16.3. The first-order chi connectivity index (χ1) is 3.72. The zero-order valence-electron chi connectivity index (χ0n) is 4.87. The molecule has 0 fully saturated rings. The van der Waals surface area contributed by atoms with Gasteiger partial charge in [0, 0.05) is 0 Å². The predicted octanol–water partition coefficient (Wildman–Crippen LogP) is -0.717. The molecule has 48 valence electrons. The fourth-order valence-corrected chi connectivity index (χ4v) is 0.363. The van der Waals surface area contributed by atoms with Gasteiger partial charge < -0.3 is 15.6 Å². The van der Waals surface area contributed by atoms with Gasteiger partial charge in [0.2, 0.25) is 0 Å². The van der Waals surface area contributed by atoms with E-state index >= 15 is 0 Å². The molecule has 0 heterocycles. The van der Waals surface area contributed by atoms with Crippen LogP contribution in [0, 0.1) is 0 Å². The third-order valence-corrected chi connectivity index (χ3v) is 1.02. The minimum atomic E-state index is -0.708. The molecule has 0 amide bonds. The molecule has 3 N–H and O–H groups in total. The Morgan fingerprint density at radius 2 is 2.38 bits per heavy atom. The van der Waals surface area contributed by atoms with Crippen molar-refractivity contribution in [2.75, 3.05) is 0 Å². The Hall–Kier alpha value is -0.410. The van der Waals surface area contributed by atoms with Crippen LogP contribution in [-0.2, 0) is 4.79 Å². The number of aldehydes is 1. The van der Waals surface area contributed by atoms with E-state index in [9.17, 15) is 4.79 Å². The van der Waals surface area contributed by atoms with Gasteiger partial charge in [-0.2, -0.15) is 0 Å². The minimum absolute atomic E-state index is 0.528. The van der Waals surface area contributed by atoms with E-state index in [-0.39, 0.29) is 0 Å². The Morgan fingerprint density at radius 3 is 2.50 bits per heavy atom. The number of aliphatic hydroxyl groups excluding tert-OH is 1. The molecule has 3 nitrogen and oxygen atoms in total. The Balaban J connectivity index is 3.44. The van der Waals surface area contributed by atoms with E-state index in [0.29, 0.717) is 12.7 Å². The van der Waals surface area contributed by atoms with Gasteiger partial charge >= 0.3 is 0 Å². The molecule has 0 radical (unpaired) electrons. The van der Waals surface area contributed by atoms with E-state index in [0.717, 1.165) is 0 Å². The Morgan fingerprint density at radius 1 is 1.88 bits per heavy atom. The van der Waals surface area contributed by atoms with Gasteiger partial charge in [0.1, 0.15) is 6.29 Å². The molecule has 0 aliphatic carbocycles. The first-order valence-corrected chi connectivity index (χ1v) is 2.61. The highest BCUT2D eigenvalue weighted by Crippen LogP contribution is 1.90. The molecule has 0 bridgehead atoms. The third-order valence-electron chi connectivity index (χ3n) is 1.02. The van der Waals surface area contributed by atoms with E-state index in [1.165, 1.54) is 0 Å². The summed E-state index contributed by atoms with van der Waals surface area (Å²) in [7, 11) is 0. The molecule has 8 heavy (non-hydrogen) atoms. The molecule has 0 spiro atoms. The first kappa shape index (κ1) is 7.59. The van der Waals surface area contributed by atoms with Gasteiger partial charge in [-0.15, -0.1) is 0 Å². The topological polar surface area (TPSA) is 63.3 Å². The van der Waals surface area contributed by atoms with Gasteiger partial charge in [-0.25, -0.2) is 0 Å². The fraction of sp³-hybridized carbons (Fsp3) is 0.800. The Labute approximate surface area is 48.5 Å². The average Bonchev–Trinajstić information content (AvgIpc) is 1.84. The smallest absolute Gasteiger partial charge is 0.139 e. The number of carbonyl (C=O) groups is 1. The number of hydrogen-bond donors (Lipinski definition) is 2. The second kappa shape index (κ2) is 3.57. The summed E-state index contributed by atoms with van der Waals surface area (Å²) in [6.45, 7) is 1.77. The zero-order chi connectivity index (χ0) is 6.57. The van der Waals surface area contributed by atoms with Gasteiger partial charge in [0.05, 0.1) is 12.1 Å². The van der Waals surface area contributed by atoms with Crippen molar-refractivity contribution in [3.05, 3.63) is 0 Å². The van der Waals surface area contributed by atoms with E-state index in [1.807, 2.05) is 0 Å². The standard InChI is InChI=1S/C5H11NO2/c1-2-5(8)4(6)3-7/h3-5,8H,2,6H2,1H3/t4-,5?/m1/s1. The van der Waals surface area contributed by atoms with Crippen molar-refractivity contribution in [3.8, 4) is 0 Å². The van der Waals surface area contributed by atoms with E-state index in [2.05, 4.69) is 0 Å². The maximum atomic E-state index is 9.82. The number of nitrogens with two attached hydrogens (primary N) is 1. The van der Waals surface area contributed by atoms with Gasteiger partial charge in [0.15, 0.2) is 0 Å². The molecule has 0 aliphatic heterocycles. The summed E-state index contributed by atoms with van der Waals surface area (Å²) in [6, 6.07) is -0.708. The minimum Gasteiger partial charge on any atom is -0.391 e. The summed E-state index contributed by atoms with van der Waals surface area (Å²) < 4.78 is 0. The number of hydrogen-bond acceptors (Lipinski definition) is 3. The molecule has 0 aromatic carbocycles. The van der Waals surface area contributed by atoms with E-state index in [4.69, 9.17) is 10.8 Å². The van der Waals surface area contributed by atoms with Crippen LogP contribution in [0.2, 0.25) is 0 Å². The monoisotopic (exact) mass is 117 g/mol. The van der Waals surface area contributed by atoms with Crippen LogP contribution in [0.3, 0.4) is 0 Å². The normalized spacial score (nSPS) is 17.4. The van der Waals surface area contributed by atoms with Crippen molar-refractivity contribution in [1.82, 2.24) is 0 Å². The molecule has 0 aliphatic rings. The third kappa shape index (κ3) is 2.04. The van der Waals surface area contributed by atoms with Crippen LogP contribution in [-0.4, -0.2) is 23.5 Å². The molecule has 0 aromatic heterocycles. The second-order valence-corrected chi connectivity index (χ2v) is 1.69. The molecular weight excluding hydrogens is 106 g/mol. The van der Waals surface area contributed by atoms with Gasteiger partial charge in [0.25, 0.3) is 0 Å². The SMILES string of the molecule is CCC(O)[C@H](N)C=O. The van der Waals surface area contributed by atoms with Crippen LogP contribution in [0.1, 0.15) is 13.3 Å². The van der Waals surface area contributed by atoms with Gasteiger partial charge in [-0.3, -0.25) is 0 Å². The summed E-state index contributed by atoms with van der Waals surface area (Å²) in [6.07, 6.45) is 0.404. The lowest BCUT2D eigenvalue weighted by molar-refractivity contribution is -0.111. The Kier molecular flexibility index (Phi) is 3.39. The summed E-state index contributed by atoms with van der Waals surface area (Å²) in [5.74, 6) is 0. The lowest BCUT2D eigenvalue weighted by atomic mass is 10.1. The largest absolute Gasteiger partial charge is 0.391 e. The molecule has 1 unspecified atom stereocenters. The lowest BCUT2D eigenvalue weighted by Gasteiger charge is -2.08. The predicted molar refractivity (Wildman–Crippen MR) is 30.3 cm³/mol. The Bertz CT molecular complexity index is 74.8. The first-order valence-electron chi connectivity index (χ1n) is 2.61. The van der Waals surface area contributed by atoms with Crippen LogP contribution in [0.5, 0.6) is 0 Å². The van der Waals surface area contributed by atoms with Crippen molar-refractivity contribution >= 4 is 6.29 Å². The number of aliphatic hydroxyl groups is 1. The highest BCUT2D eigenvalue weighted by Gasteiger charge is 2.09. The van der Waals surface area contributed by atoms with Crippen LogP contribution in [0.25, 0.3) is 0 Å².